The Bertz CT molecular complexity index is 456. The van der Waals surface area contributed by atoms with Crippen LogP contribution in [0.1, 0.15) is 20.8 Å². The Kier molecular flexibility index (Phi) is 5.47. The molecule has 0 fully saturated rings. The third-order valence-corrected chi connectivity index (χ3v) is 3.50. The number of hydrogen-bond donors (Lipinski definition) is 1. The second-order valence-corrected chi connectivity index (χ2v) is 6.75. The van der Waals surface area contributed by atoms with Crippen LogP contribution in [0.4, 0.5) is 10.6 Å². The number of aromatic nitrogens is 2. The molecule has 1 atom stereocenters. The van der Waals surface area contributed by atoms with Crippen molar-refractivity contribution < 1.29 is 9.90 Å². The van der Waals surface area contributed by atoms with E-state index in [-0.39, 0.29) is 11.5 Å². The van der Waals surface area contributed by atoms with Gasteiger partial charge in [-0.3, -0.25) is 4.90 Å². The third-order valence-electron chi connectivity index (χ3n) is 3.09. The molecule has 7 heteroatoms. The Labute approximate surface area is 127 Å². The van der Waals surface area contributed by atoms with Crippen LogP contribution in [-0.4, -0.2) is 52.7 Å². The highest BCUT2D eigenvalue weighted by molar-refractivity contribution is 9.10. The molecule has 1 N–H and O–H groups in total. The maximum Gasteiger partial charge on any atom is 0.413 e. The zero-order chi connectivity index (χ0) is 15.5. The van der Waals surface area contributed by atoms with E-state index in [1.165, 1.54) is 17.3 Å². The van der Waals surface area contributed by atoms with Gasteiger partial charge in [0.15, 0.2) is 5.82 Å². The molecule has 20 heavy (non-hydrogen) atoms. The number of carboxylic acid groups (broad SMARTS) is 1. The summed E-state index contributed by atoms with van der Waals surface area (Å²) in [6.45, 7) is 6.60. The fourth-order valence-corrected chi connectivity index (χ4v) is 2.30. The van der Waals surface area contributed by atoms with Crippen molar-refractivity contribution in [1.29, 1.82) is 0 Å². The lowest BCUT2D eigenvalue weighted by atomic mass is 9.85. The summed E-state index contributed by atoms with van der Waals surface area (Å²) in [6.07, 6.45) is 1.92. The van der Waals surface area contributed by atoms with Gasteiger partial charge in [0.2, 0.25) is 0 Å². The molecule has 0 aliphatic rings. The monoisotopic (exact) mass is 344 g/mol. The molecule has 0 aliphatic carbocycles. The van der Waals surface area contributed by atoms with Crippen LogP contribution in [-0.2, 0) is 0 Å². The molecule has 1 rings (SSSR count). The minimum absolute atomic E-state index is 0.0556. The Morgan fingerprint density at radius 3 is 2.30 bits per heavy atom. The minimum Gasteiger partial charge on any atom is -0.465 e. The summed E-state index contributed by atoms with van der Waals surface area (Å²) in [7, 11) is 3.90. The molecule has 1 aromatic heterocycles. The lowest BCUT2D eigenvalue weighted by molar-refractivity contribution is 0.151. The topological polar surface area (TPSA) is 69.6 Å². The van der Waals surface area contributed by atoms with E-state index in [0.29, 0.717) is 17.0 Å². The van der Waals surface area contributed by atoms with Gasteiger partial charge in [0, 0.05) is 12.6 Å². The summed E-state index contributed by atoms with van der Waals surface area (Å²) in [5.41, 5.74) is -0.0556. The quantitative estimate of drug-likeness (QED) is 0.909. The number of anilines is 1. The van der Waals surface area contributed by atoms with Crippen molar-refractivity contribution >= 4 is 27.8 Å². The van der Waals surface area contributed by atoms with Crippen LogP contribution in [0.3, 0.4) is 0 Å². The highest BCUT2D eigenvalue weighted by Crippen LogP contribution is 2.25. The number of amides is 1. The standard InChI is InChI=1S/C13H21BrN4O2/c1-13(2,3)9(17(4)5)8-18(12(19)20)11-7-15-10(14)6-16-11/h6-7,9H,8H2,1-5H3,(H,19,20). The number of hydrogen-bond acceptors (Lipinski definition) is 4. The molecule has 0 radical (unpaired) electrons. The highest BCUT2D eigenvalue weighted by Gasteiger charge is 2.31. The van der Waals surface area contributed by atoms with Crippen LogP contribution in [0.15, 0.2) is 17.0 Å². The van der Waals surface area contributed by atoms with Crippen LogP contribution in [0, 0.1) is 5.41 Å². The van der Waals surface area contributed by atoms with Crippen LogP contribution in [0.25, 0.3) is 0 Å². The van der Waals surface area contributed by atoms with E-state index in [4.69, 9.17) is 0 Å². The van der Waals surface area contributed by atoms with E-state index in [2.05, 4.69) is 46.7 Å². The predicted octanol–water partition coefficient (Wildman–Crippen LogP) is 2.70. The average molecular weight is 345 g/mol. The van der Waals surface area contributed by atoms with E-state index >= 15 is 0 Å². The fraction of sp³-hybridized carbons (Fsp3) is 0.615. The second-order valence-electron chi connectivity index (χ2n) is 5.94. The molecule has 6 nitrogen and oxygen atoms in total. The summed E-state index contributed by atoms with van der Waals surface area (Å²) in [5.74, 6) is 0.330. The zero-order valence-corrected chi connectivity index (χ0v) is 14.0. The molecule has 1 aromatic rings. The second kappa shape index (κ2) is 6.49. The van der Waals surface area contributed by atoms with Gasteiger partial charge < -0.3 is 10.0 Å². The SMILES string of the molecule is CN(C)C(CN(C(=O)O)c1cnc(Br)cn1)C(C)(C)C. The van der Waals surface area contributed by atoms with Crippen molar-refractivity contribution in [1.82, 2.24) is 14.9 Å². The van der Waals surface area contributed by atoms with Crippen LogP contribution < -0.4 is 4.90 Å². The molecule has 0 spiro atoms. The van der Waals surface area contributed by atoms with Crippen molar-refractivity contribution in [2.45, 2.75) is 26.8 Å². The number of carbonyl (C=O) groups is 1. The third kappa shape index (κ3) is 4.42. The van der Waals surface area contributed by atoms with Crippen LogP contribution >= 0.6 is 15.9 Å². The van der Waals surface area contributed by atoms with Crippen molar-refractivity contribution in [3.63, 3.8) is 0 Å². The van der Waals surface area contributed by atoms with Crippen LogP contribution in [0.5, 0.6) is 0 Å². The largest absolute Gasteiger partial charge is 0.465 e. The number of rotatable bonds is 4. The molecular weight excluding hydrogens is 324 g/mol. The smallest absolute Gasteiger partial charge is 0.413 e. The highest BCUT2D eigenvalue weighted by atomic mass is 79.9. The first kappa shape index (κ1) is 16.8. The normalized spacial score (nSPS) is 13.3. The van der Waals surface area contributed by atoms with E-state index < -0.39 is 6.09 Å². The molecule has 0 saturated carbocycles. The lowest BCUT2D eigenvalue weighted by Crippen LogP contribution is -2.49. The summed E-state index contributed by atoms with van der Waals surface area (Å²) < 4.78 is 0.576. The van der Waals surface area contributed by atoms with E-state index in [1.807, 2.05) is 19.0 Å². The maximum atomic E-state index is 11.5. The maximum absolute atomic E-state index is 11.5. The summed E-state index contributed by atoms with van der Waals surface area (Å²) in [6, 6.07) is 0.0593. The van der Waals surface area contributed by atoms with Gasteiger partial charge in [-0.1, -0.05) is 20.8 Å². The summed E-state index contributed by atoms with van der Waals surface area (Å²) >= 11 is 3.19. The lowest BCUT2D eigenvalue weighted by Gasteiger charge is -2.38. The molecule has 1 amide bonds. The molecule has 1 heterocycles. The van der Waals surface area contributed by atoms with Gasteiger partial charge in [-0.15, -0.1) is 0 Å². The van der Waals surface area contributed by atoms with Crippen molar-refractivity contribution in [3.05, 3.63) is 17.0 Å². The predicted molar refractivity (Wildman–Crippen MR) is 82.0 cm³/mol. The van der Waals surface area contributed by atoms with Gasteiger partial charge in [-0.25, -0.2) is 14.8 Å². The molecule has 0 bridgehead atoms. The van der Waals surface area contributed by atoms with E-state index in [9.17, 15) is 9.90 Å². The molecule has 0 aromatic carbocycles. The Morgan fingerprint density at radius 2 is 1.95 bits per heavy atom. The Hall–Kier alpha value is -1.21. The van der Waals surface area contributed by atoms with Crippen molar-refractivity contribution in [2.75, 3.05) is 25.5 Å². The number of halogens is 1. The average Bonchev–Trinajstić information content (AvgIpc) is 2.29. The van der Waals surface area contributed by atoms with Gasteiger partial charge >= 0.3 is 6.09 Å². The number of likely N-dealkylation sites (N-methyl/N-ethyl adjacent to an activating group) is 1. The molecule has 0 saturated heterocycles. The molecule has 0 aliphatic heterocycles. The first-order chi connectivity index (χ1) is 9.12. The van der Waals surface area contributed by atoms with E-state index in [1.54, 1.807) is 0 Å². The first-order valence-corrected chi connectivity index (χ1v) is 7.06. The van der Waals surface area contributed by atoms with Gasteiger partial charge in [0.05, 0.1) is 12.4 Å². The van der Waals surface area contributed by atoms with Gasteiger partial charge in [-0.2, -0.15) is 0 Å². The molecule has 112 valence electrons. The summed E-state index contributed by atoms with van der Waals surface area (Å²) in [4.78, 5) is 22.9. The van der Waals surface area contributed by atoms with Gasteiger partial charge in [0.25, 0.3) is 0 Å². The Morgan fingerprint density at radius 1 is 1.35 bits per heavy atom. The molecule has 1 unspecified atom stereocenters. The minimum atomic E-state index is -1.03. The molecular formula is C13H21BrN4O2. The van der Waals surface area contributed by atoms with Gasteiger partial charge in [0.1, 0.15) is 4.60 Å². The van der Waals surface area contributed by atoms with Crippen LogP contribution in [0.2, 0.25) is 0 Å². The van der Waals surface area contributed by atoms with Crippen molar-refractivity contribution in [2.24, 2.45) is 5.41 Å². The zero-order valence-electron chi connectivity index (χ0n) is 12.5. The van der Waals surface area contributed by atoms with Gasteiger partial charge in [-0.05, 0) is 35.4 Å². The first-order valence-electron chi connectivity index (χ1n) is 6.27. The Balaban J connectivity index is 3.03. The summed E-state index contributed by atoms with van der Waals surface area (Å²) in [5, 5.41) is 9.42. The fourth-order valence-electron chi connectivity index (χ4n) is 2.10. The number of nitrogens with zero attached hydrogens (tertiary/aromatic N) is 4. The van der Waals surface area contributed by atoms with E-state index in [0.717, 1.165) is 0 Å². The van der Waals surface area contributed by atoms with Crippen molar-refractivity contribution in [3.8, 4) is 0 Å².